The molecule has 0 aliphatic carbocycles. The van der Waals surface area contributed by atoms with Gasteiger partial charge in [0.05, 0.1) is 22.4 Å². The van der Waals surface area contributed by atoms with Gasteiger partial charge in [-0.25, -0.2) is 4.98 Å². The van der Waals surface area contributed by atoms with E-state index in [0.29, 0.717) is 11.4 Å². The van der Waals surface area contributed by atoms with Crippen molar-refractivity contribution in [2.75, 3.05) is 0 Å². The van der Waals surface area contributed by atoms with Crippen LogP contribution in [0.5, 0.6) is 0 Å². The molecule has 1 aromatic carbocycles. The van der Waals surface area contributed by atoms with Crippen molar-refractivity contribution in [3.8, 4) is 0 Å². The van der Waals surface area contributed by atoms with Crippen LogP contribution in [0.25, 0.3) is 11.0 Å². The number of nitrogens with two attached hydrogens (primary N) is 1. The highest BCUT2D eigenvalue weighted by Crippen LogP contribution is 2.18. The summed E-state index contributed by atoms with van der Waals surface area (Å²) in [4.78, 5) is 9.13. The van der Waals surface area contributed by atoms with Gasteiger partial charge in [-0.15, -0.1) is 0 Å². The Hall–Kier alpha value is -2.27. The lowest BCUT2D eigenvalue weighted by atomic mass is 10.2. The predicted molar refractivity (Wildman–Crippen MR) is 83.6 cm³/mol. The van der Waals surface area contributed by atoms with E-state index in [-0.39, 0.29) is 0 Å². The molecule has 2 heterocycles. The second-order valence-electron chi connectivity index (χ2n) is 4.60. The molecule has 20 heavy (non-hydrogen) atoms. The van der Waals surface area contributed by atoms with Gasteiger partial charge in [0.25, 0.3) is 0 Å². The molecule has 0 amide bonds. The number of fused-ring (bicyclic) bond motifs is 1. The molecule has 2 aromatic heterocycles. The Labute approximate surface area is 122 Å². The summed E-state index contributed by atoms with van der Waals surface area (Å²) in [5.41, 5.74) is 8.91. The number of imidazole rings is 1. The predicted octanol–water partition coefficient (Wildman–Crippen LogP) is 2.31. The van der Waals surface area contributed by atoms with E-state index in [4.69, 9.17) is 18.0 Å². The molecule has 0 atom stereocenters. The molecule has 3 rings (SSSR count). The third-order valence-electron chi connectivity index (χ3n) is 3.16. The van der Waals surface area contributed by atoms with Crippen molar-refractivity contribution < 1.29 is 0 Å². The number of aromatic nitrogens is 3. The minimum Gasteiger partial charge on any atom is -0.393 e. The average molecular weight is 282 g/mol. The third-order valence-corrected chi connectivity index (χ3v) is 3.30. The smallest absolute Gasteiger partial charge is 0.116 e. The van der Waals surface area contributed by atoms with Crippen LogP contribution in [0, 0.1) is 0 Å². The van der Waals surface area contributed by atoms with Gasteiger partial charge in [-0.1, -0.05) is 24.4 Å². The first kappa shape index (κ1) is 12.7. The molecule has 0 aliphatic heterocycles. The summed E-state index contributed by atoms with van der Waals surface area (Å²) in [7, 11) is 0. The zero-order valence-electron chi connectivity index (χ0n) is 10.9. The Bertz CT molecular complexity index is 749. The van der Waals surface area contributed by atoms with E-state index >= 15 is 0 Å². The van der Waals surface area contributed by atoms with Crippen molar-refractivity contribution in [1.82, 2.24) is 14.5 Å². The van der Waals surface area contributed by atoms with Crippen molar-refractivity contribution in [1.29, 1.82) is 0 Å². The Morgan fingerprint density at radius 3 is 2.65 bits per heavy atom. The maximum atomic E-state index is 5.68. The third kappa shape index (κ3) is 2.53. The number of hydrogen-bond donors (Lipinski definition) is 1. The van der Waals surface area contributed by atoms with Crippen LogP contribution in [0.4, 0.5) is 0 Å². The second-order valence-corrected chi connectivity index (χ2v) is 5.13. The normalized spacial score (nSPS) is 10.8. The first-order chi connectivity index (χ1) is 9.74. The van der Waals surface area contributed by atoms with Crippen LogP contribution in [0.15, 0.2) is 48.8 Å². The number of thiocarbonyl (C=S) groups is 1. The Morgan fingerprint density at radius 1 is 1.15 bits per heavy atom. The van der Waals surface area contributed by atoms with Gasteiger partial charge in [-0.2, -0.15) is 0 Å². The SMILES string of the molecule is NC(=S)Cc1nc2ccccc2n1Cc1ccncc1. The highest BCUT2D eigenvalue weighted by atomic mass is 32.1. The molecule has 0 fully saturated rings. The fraction of sp³-hybridized carbons (Fsp3) is 0.133. The number of pyridine rings is 1. The number of para-hydroxylation sites is 2. The van der Waals surface area contributed by atoms with Crippen LogP contribution in [0.3, 0.4) is 0 Å². The summed E-state index contributed by atoms with van der Waals surface area (Å²) >= 11 is 5.02. The van der Waals surface area contributed by atoms with Crippen molar-refractivity contribution >= 4 is 28.2 Å². The van der Waals surface area contributed by atoms with Gasteiger partial charge < -0.3 is 10.3 Å². The number of rotatable bonds is 4. The van der Waals surface area contributed by atoms with Crippen LogP contribution < -0.4 is 5.73 Å². The molecule has 0 saturated heterocycles. The van der Waals surface area contributed by atoms with Gasteiger partial charge >= 0.3 is 0 Å². The van der Waals surface area contributed by atoms with Crippen LogP contribution >= 0.6 is 12.2 Å². The maximum Gasteiger partial charge on any atom is 0.116 e. The summed E-state index contributed by atoms with van der Waals surface area (Å²) in [5.74, 6) is 0.899. The van der Waals surface area contributed by atoms with Gasteiger partial charge in [0.2, 0.25) is 0 Å². The second kappa shape index (κ2) is 5.38. The van der Waals surface area contributed by atoms with Gasteiger partial charge in [-0.3, -0.25) is 4.98 Å². The largest absolute Gasteiger partial charge is 0.393 e. The lowest BCUT2D eigenvalue weighted by Gasteiger charge is -2.08. The van der Waals surface area contributed by atoms with Crippen molar-refractivity contribution in [3.63, 3.8) is 0 Å². The molecule has 100 valence electrons. The summed E-state index contributed by atoms with van der Waals surface area (Å²) in [6.07, 6.45) is 4.10. The molecule has 0 spiro atoms. The zero-order valence-corrected chi connectivity index (χ0v) is 11.7. The van der Waals surface area contributed by atoms with E-state index in [1.165, 1.54) is 5.56 Å². The minimum absolute atomic E-state index is 0.455. The minimum atomic E-state index is 0.455. The lowest BCUT2D eigenvalue weighted by Crippen LogP contribution is -2.15. The van der Waals surface area contributed by atoms with Gasteiger partial charge in [0, 0.05) is 18.9 Å². The number of hydrogen-bond acceptors (Lipinski definition) is 3. The van der Waals surface area contributed by atoms with Crippen LogP contribution in [-0.4, -0.2) is 19.5 Å². The first-order valence-corrected chi connectivity index (χ1v) is 6.76. The lowest BCUT2D eigenvalue weighted by molar-refractivity contribution is 0.773. The molecule has 0 radical (unpaired) electrons. The zero-order chi connectivity index (χ0) is 13.9. The van der Waals surface area contributed by atoms with Crippen LogP contribution in [0.1, 0.15) is 11.4 Å². The molecule has 0 bridgehead atoms. The number of benzene rings is 1. The van der Waals surface area contributed by atoms with E-state index in [1.807, 2.05) is 30.3 Å². The van der Waals surface area contributed by atoms with Crippen LogP contribution in [0.2, 0.25) is 0 Å². The molecular weight excluding hydrogens is 268 g/mol. The summed E-state index contributed by atoms with van der Waals surface area (Å²) in [6.45, 7) is 0.737. The highest BCUT2D eigenvalue weighted by molar-refractivity contribution is 7.80. The van der Waals surface area contributed by atoms with Gasteiger partial charge in [0.15, 0.2) is 0 Å². The quantitative estimate of drug-likeness (QED) is 0.746. The molecule has 0 saturated carbocycles. The standard InChI is InChI=1S/C15H14N4S/c16-14(20)9-15-18-12-3-1-2-4-13(12)19(15)10-11-5-7-17-8-6-11/h1-8H,9-10H2,(H2,16,20). The fourth-order valence-electron chi connectivity index (χ4n) is 2.26. The maximum absolute atomic E-state index is 5.68. The summed E-state index contributed by atoms with van der Waals surface area (Å²) in [6, 6.07) is 12.1. The van der Waals surface area contributed by atoms with Crippen molar-refractivity contribution in [2.45, 2.75) is 13.0 Å². The van der Waals surface area contributed by atoms with E-state index in [1.54, 1.807) is 12.4 Å². The highest BCUT2D eigenvalue weighted by Gasteiger charge is 2.11. The van der Waals surface area contributed by atoms with Crippen LogP contribution in [-0.2, 0) is 13.0 Å². The Balaban J connectivity index is 2.08. The van der Waals surface area contributed by atoms with Gasteiger partial charge in [0.1, 0.15) is 5.82 Å². The summed E-state index contributed by atoms with van der Waals surface area (Å²) in [5, 5.41) is 0. The van der Waals surface area contributed by atoms with E-state index in [0.717, 1.165) is 23.4 Å². The van der Waals surface area contributed by atoms with E-state index in [9.17, 15) is 0 Å². The topological polar surface area (TPSA) is 56.7 Å². The molecule has 2 N–H and O–H groups in total. The molecule has 0 unspecified atom stereocenters. The average Bonchev–Trinajstić information content (AvgIpc) is 2.77. The van der Waals surface area contributed by atoms with Gasteiger partial charge in [-0.05, 0) is 29.8 Å². The Kier molecular flexibility index (Phi) is 3.43. The van der Waals surface area contributed by atoms with E-state index < -0.39 is 0 Å². The van der Waals surface area contributed by atoms with Crippen molar-refractivity contribution in [3.05, 3.63) is 60.2 Å². The fourth-order valence-corrected chi connectivity index (χ4v) is 2.39. The summed E-state index contributed by atoms with van der Waals surface area (Å²) < 4.78 is 2.16. The molecule has 0 aliphatic rings. The Morgan fingerprint density at radius 2 is 1.90 bits per heavy atom. The molecule has 3 aromatic rings. The first-order valence-electron chi connectivity index (χ1n) is 6.35. The molecule has 5 heteroatoms. The monoisotopic (exact) mass is 282 g/mol. The van der Waals surface area contributed by atoms with E-state index in [2.05, 4.69) is 20.6 Å². The molecule has 4 nitrogen and oxygen atoms in total. The number of nitrogens with zero attached hydrogens (tertiary/aromatic N) is 3. The van der Waals surface area contributed by atoms with Crippen molar-refractivity contribution in [2.24, 2.45) is 5.73 Å². The molecular formula is C15H14N4S.